The van der Waals surface area contributed by atoms with Crippen molar-refractivity contribution in [1.82, 2.24) is 9.80 Å². The molecule has 1 saturated heterocycles. The smallest absolute Gasteiger partial charge is 0.235 e. The van der Waals surface area contributed by atoms with Crippen LogP contribution in [0.15, 0.2) is 30.3 Å². The van der Waals surface area contributed by atoms with Gasteiger partial charge in [-0.05, 0) is 12.1 Å². The van der Waals surface area contributed by atoms with Gasteiger partial charge in [-0.3, -0.25) is 13.9 Å². The van der Waals surface area contributed by atoms with E-state index in [0.717, 1.165) is 0 Å². The van der Waals surface area contributed by atoms with E-state index in [0.29, 0.717) is 31.9 Å². The molecule has 2 rings (SSSR count). The molecule has 1 aromatic rings. The standard InChI is InChI=1S/C16H23N3O4S/c1-14(20)18-9-11-19(12-10-18)16(21)8-13-24(22,23)17(2)15-6-4-3-5-7-15/h3-7H,8-13H2,1-2H3. The number of para-hydroxylation sites is 1. The van der Waals surface area contributed by atoms with Crippen molar-refractivity contribution in [2.45, 2.75) is 13.3 Å². The van der Waals surface area contributed by atoms with Crippen LogP contribution in [-0.4, -0.2) is 69.0 Å². The van der Waals surface area contributed by atoms with E-state index in [4.69, 9.17) is 0 Å². The molecule has 0 bridgehead atoms. The van der Waals surface area contributed by atoms with Gasteiger partial charge in [0.2, 0.25) is 21.8 Å². The lowest BCUT2D eigenvalue weighted by Gasteiger charge is -2.34. The van der Waals surface area contributed by atoms with Gasteiger partial charge in [-0.15, -0.1) is 0 Å². The zero-order chi connectivity index (χ0) is 17.7. The third kappa shape index (κ3) is 4.47. The number of carbonyl (C=O) groups excluding carboxylic acids is 2. The van der Waals surface area contributed by atoms with E-state index in [1.54, 1.807) is 34.1 Å². The van der Waals surface area contributed by atoms with Crippen molar-refractivity contribution < 1.29 is 18.0 Å². The van der Waals surface area contributed by atoms with Crippen LogP contribution in [0.2, 0.25) is 0 Å². The maximum Gasteiger partial charge on any atom is 0.235 e. The van der Waals surface area contributed by atoms with E-state index in [1.807, 2.05) is 6.07 Å². The van der Waals surface area contributed by atoms with Gasteiger partial charge in [0, 0.05) is 46.6 Å². The van der Waals surface area contributed by atoms with Gasteiger partial charge in [0.1, 0.15) is 0 Å². The van der Waals surface area contributed by atoms with Gasteiger partial charge in [0.15, 0.2) is 0 Å². The molecule has 0 saturated carbocycles. The molecule has 1 aliphatic rings. The number of amides is 2. The SMILES string of the molecule is CC(=O)N1CCN(C(=O)CCS(=O)(=O)N(C)c2ccccc2)CC1. The van der Waals surface area contributed by atoms with Gasteiger partial charge < -0.3 is 9.80 Å². The second-order valence-electron chi connectivity index (χ2n) is 5.76. The minimum Gasteiger partial charge on any atom is -0.339 e. The van der Waals surface area contributed by atoms with Crippen molar-refractivity contribution >= 4 is 27.5 Å². The minimum atomic E-state index is -3.55. The molecule has 2 amide bonds. The van der Waals surface area contributed by atoms with Gasteiger partial charge in [-0.25, -0.2) is 8.42 Å². The van der Waals surface area contributed by atoms with Crippen LogP contribution in [0.4, 0.5) is 5.69 Å². The fraction of sp³-hybridized carbons (Fsp3) is 0.500. The van der Waals surface area contributed by atoms with E-state index < -0.39 is 10.0 Å². The van der Waals surface area contributed by atoms with Crippen molar-refractivity contribution in [3.8, 4) is 0 Å². The van der Waals surface area contributed by atoms with Crippen molar-refractivity contribution in [3.63, 3.8) is 0 Å². The highest BCUT2D eigenvalue weighted by Crippen LogP contribution is 2.16. The third-order valence-corrected chi connectivity index (χ3v) is 5.95. The summed E-state index contributed by atoms with van der Waals surface area (Å²) in [6, 6.07) is 8.76. The molecule has 0 atom stereocenters. The van der Waals surface area contributed by atoms with Crippen LogP contribution in [0.3, 0.4) is 0 Å². The number of piperazine rings is 1. The highest BCUT2D eigenvalue weighted by atomic mass is 32.2. The highest BCUT2D eigenvalue weighted by molar-refractivity contribution is 7.92. The Morgan fingerprint density at radius 3 is 2.12 bits per heavy atom. The quantitative estimate of drug-likeness (QED) is 0.774. The normalized spacial score (nSPS) is 15.2. The van der Waals surface area contributed by atoms with Crippen LogP contribution >= 0.6 is 0 Å². The summed E-state index contributed by atoms with van der Waals surface area (Å²) in [7, 11) is -2.06. The Kier molecular flexibility index (Phi) is 5.82. The fourth-order valence-corrected chi connectivity index (χ4v) is 3.73. The predicted octanol–water partition coefficient (Wildman–Crippen LogP) is 0.533. The first-order valence-corrected chi connectivity index (χ1v) is 9.47. The predicted molar refractivity (Wildman–Crippen MR) is 92.1 cm³/mol. The number of hydrogen-bond acceptors (Lipinski definition) is 4. The lowest BCUT2D eigenvalue weighted by Crippen LogP contribution is -2.50. The fourth-order valence-electron chi connectivity index (χ4n) is 2.58. The van der Waals surface area contributed by atoms with E-state index in [2.05, 4.69) is 0 Å². The van der Waals surface area contributed by atoms with Gasteiger partial charge >= 0.3 is 0 Å². The molecule has 1 aromatic carbocycles. The Hall–Kier alpha value is -2.09. The molecule has 1 heterocycles. The Bertz CT molecular complexity index is 683. The molecule has 0 N–H and O–H groups in total. The first-order valence-electron chi connectivity index (χ1n) is 7.86. The lowest BCUT2D eigenvalue weighted by molar-refractivity contribution is -0.138. The second-order valence-corrected chi connectivity index (χ2v) is 7.88. The molecule has 0 unspecified atom stereocenters. The summed E-state index contributed by atoms with van der Waals surface area (Å²) in [5.74, 6) is -0.429. The molecule has 132 valence electrons. The average molecular weight is 353 g/mol. The summed E-state index contributed by atoms with van der Waals surface area (Å²) in [5.41, 5.74) is 0.569. The van der Waals surface area contributed by atoms with Crippen LogP contribution in [0.1, 0.15) is 13.3 Å². The Labute approximate surface area is 142 Å². The van der Waals surface area contributed by atoms with Crippen molar-refractivity contribution in [3.05, 3.63) is 30.3 Å². The molecular weight excluding hydrogens is 330 g/mol. The molecule has 24 heavy (non-hydrogen) atoms. The maximum atomic E-state index is 12.4. The summed E-state index contributed by atoms with van der Waals surface area (Å²) in [6.07, 6.45) is -0.0560. The maximum absolute atomic E-state index is 12.4. The molecule has 1 aliphatic heterocycles. The van der Waals surface area contributed by atoms with Gasteiger partial charge in [-0.1, -0.05) is 18.2 Å². The number of benzene rings is 1. The highest BCUT2D eigenvalue weighted by Gasteiger charge is 2.25. The third-order valence-electron chi connectivity index (χ3n) is 4.19. The molecule has 0 radical (unpaired) electrons. The zero-order valence-electron chi connectivity index (χ0n) is 14.0. The first kappa shape index (κ1) is 18.3. The average Bonchev–Trinajstić information content (AvgIpc) is 2.60. The molecule has 8 heteroatoms. The summed E-state index contributed by atoms with van der Waals surface area (Å²) in [6.45, 7) is 3.40. The molecular formula is C16H23N3O4S. The number of carbonyl (C=O) groups is 2. The van der Waals surface area contributed by atoms with Crippen LogP contribution in [-0.2, 0) is 19.6 Å². The Morgan fingerprint density at radius 1 is 1.04 bits per heavy atom. The number of anilines is 1. The number of rotatable bonds is 5. The molecule has 0 aromatic heterocycles. The van der Waals surface area contributed by atoms with Gasteiger partial charge in [0.05, 0.1) is 11.4 Å². The summed E-state index contributed by atoms with van der Waals surface area (Å²) >= 11 is 0. The molecule has 0 aliphatic carbocycles. The summed E-state index contributed by atoms with van der Waals surface area (Å²) < 4.78 is 25.9. The zero-order valence-corrected chi connectivity index (χ0v) is 14.8. The van der Waals surface area contributed by atoms with Crippen LogP contribution in [0, 0.1) is 0 Å². The van der Waals surface area contributed by atoms with Crippen LogP contribution in [0.25, 0.3) is 0 Å². The van der Waals surface area contributed by atoms with Gasteiger partial charge in [0.25, 0.3) is 0 Å². The van der Waals surface area contributed by atoms with Crippen molar-refractivity contribution in [2.75, 3.05) is 43.3 Å². The largest absolute Gasteiger partial charge is 0.339 e. The topological polar surface area (TPSA) is 78.0 Å². The first-order chi connectivity index (χ1) is 11.3. The Morgan fingerprint density at radius 2 is 1.58 bits per heavy atom. The minimum absolute atomic E-state index is 0.00540. The summed E-state index contributed by atoms with van der Waals surface area (Å²) in [4.78, 5) is 26.8. The molecule has 0 spiro atoms. The molecule has 7 nitrogen and oxygen atoms in total. The lowest BCUT2D eigenvalue weighted by atomic mass is 10.3. The van der Waals surface area contributed by atoms with E-state index >= 15 is 0 Å². The summed E-state index contributed by atoms with van der Waals surface area (Å²) in [5, 5.41) is 0. The van der Waals surface area contributed by atoms with E-state index in [1.165, 1.54) is 18.3 Å². The van der Waals surface area contributed by atoms with Crippen molar-refractivity contribution in [1.29, 1.82) is 0 Å². The van der Waals surface area contributed by atoms with Crippen molar-refractivity contribution in [2.24, 2.45) is 0 Å². The van der Waals surface area contributed by atoms with Gasteiger partial charge in [-0.2, -0.15) is 0 Å². The number of hydrogen-bond donors (Lipinski definition) is 0. The number of sulfonamides is 1. The Balaban J connectivity index is 1.88. The number of nitrogens with zero attached hydrogens (tertiary/aromatic N) is 3. The van der Waals surface area contributed by atoms with E-state index in [-0.39, 0.29) is 24.0 Å². The monoisotopic (exact) mass is 353 g/mol. The molecule has 1 fully saturated rings. The van der Waals surface area contributed by atoms with E-state index in [9.17, 15) is 18.0 Å². The van der Waals surface area contributed by atoms with Crippen LogP contribution in [0.5, 0.6) is 0 Å². The van der Waals surface area contributed by atoms with Crippen LogP contribution < -0.4 is 4.31 Å². The second kappa shape index (κ2) is 7.65.